The van der Waals surface area contributed by atoms with Gasteiger partial charge in [-0.05, 0) is 25.1 Å². The third-order valence-electron chi connectivity index (χ3n) is 2.02. The van der Waals surface area contributed by atoms with E-state index in [0.717, 1.165) is 0 Å². The largest absolute Gasteiger partial charge is 0.507 e. The van der Waals surface area contributed by atoms with Gasteiger partial charge in [-0.15, -0.1) is 0 Å². The molecule has 0 atom stereocenters. The molecule has 0 unspecified atom stereocenters. The highest BCUT2D eigenvalue weighted by molar-refractivity contribution is 6.06. The second-order valence-corrected chi connectivity index (χ2v) is 3.13. The Bertz CT molecular complexity index is 431. The maximum Gasteiger partial charge on any atom is 0.189 e. The molecule has 3 heteroatoms. The van der Waals surface area contributed by atoms with E-state index in [-0.39, 0.29) is 17.1 Å². The lowest BCUT2D eigenvalue weighted by atomic mass is 10.1. The van der Waals surface area contributed by atoms with E-state index in [2.05, 4.69) is 0 Å². The molecule has 0 saturated carbocycles. The molecule has 0 saturated heterocycles. The Balaban J connectivity index is 2.92. The van der Waals surface area contributed by atoms with Crippen LogP contribution >= 0.6 is 0 Å². The number of hydrogen-bond donors (Lipinski definition) is 1. The SMILES string of the molecule is C/C=C/C=C/C(=O)c1ccc(OC)cc1O. The third kappa shape index (κ3) is 2.98. The van der Waals surface area contributed by atoms with Crippen LogP contribution in [0.25, 0.3) is 0 Å². The summed E-state index contributed by atoms with van der Waals surface area (Å²) >= 11 is 0. The van der Waals surface area contributed by atoms with E-state index in [1.54, 1.807) is 18.2 Å². The van der Waals surface area contributed by atoms with E-state index in [0.29, 0.717) is 5.75 Å². The number of carbonyl (C=O) groups is 1. The van der Waals surface area contributed by atoms with Gasteiger partial charge >= 0.3 is 0 Å². The number of aromatic hydroxyl groups is 1. The van der Waals surface area contributed by atoms with Crippen LogP contribution in [-0.2, 0) is 0 Å². The minimum atomic E-state index is -0.238. The lowest BCUT2D eigenvalue weighted by molar-refractivity contribution is 0.104. The first kappa shape index (κ1) is 12.0. The molecule has 0 amide bonds. The number of phenols is 1. The highest BCUT2D eigenvalue weighted by Gasteiger charge is 2.08. The molecule has 0 radical (unpaired) electrons. The Labute approximate surface area is 94.7 Å². The first-order valence-electron chi connectivity index (χ1n) is 4.89. The molecule has 0 aliphatic carbocycles. The summed E-state index contributed by atoms with van der Waals surface area (Å²) in [7, 11) is 1.50. The second-order valence-electron chi connectivity index (χ2n) is 3.13. The van der Waals surface area contributed by atoms with Crippen LogP contribution in [0.15, 0.2) is 42.5 Å². The van der Waals surface area contributed by atoms with Gasteiger partial charge in [0.05, 0.1) is 12.7 Å². The minimum Gasteiger partial charge on any atom is -0.507 e. The van der Waals surface area contributed by atoms with Crippen molar-refractivity contribution in [3.63, 3.8) is 0 Å². The van der Waals surface area contributed by atoms with E-state index in [9.17, 15) is 9.90 Å². The summed E-state index contributed by atoms with van der Waals surface area (Å²) in [4.78, 5) is 11.6. The Kier molecular flexibility index (Phi) is 4.33. The molecule has 3 nitrogen and oxygen atoms in total. The molecule has 0 aliphatic heterocycles. The van der Waals surface area contributed by atoms with Gasteiger partial charge in [-0.3, -0.25) is 4.79 Å². The van der Waals surface area contributed by atoms with Gasteiger partial charge in [0.25, 0.3) is 0 Å². The van der Waals surface area contributed by atoms with E-state index in [4.69, 9.17) is 4.74 Å². The molecule has 0 spiro atoms. The summed E-state index contributed by atoms with van der Waals surface area (Å²) < 4.78 is 4.93. The van der Waals surface area contributed by atoms with Crippen molar-refractivity contribution in [1.29, 1.82) is 0 Å². The molecule has 1 aromatic carbocycles. The van der Waals surface area contributed by atoms with Crippen molar-refractivity contribution in [3.05, 3.63) is 48.1 Å². The smallest absolute Gasteiger partial charge is 0.189 e. The molecule has 1 aromatic rings. The number of ketones is 1. The maximum atomic E-state index is 11.6. The van der Waals surface area contributed by atoms with Crippen molar-refractivity contribution in [2.45, 2.75) is 6.92 Å². The predicted octanol–water partition coefficient (Wildman–Crippen LogP) is 2.72. The summed E-state index contributed by atoms with van der Waals surface area (Å²) in [5.41, 5.74) is 0.265. The number of hydrogen-bond acceptors (Lipinski definition) is 3. The summed E-state index contributed by atoms with van der Waals surface area (Å²) in [6.07, 6.45) is 6.60. The lowest BCUT2D eigenvalue weighted by Gasteiger charge is -2.03. The van der Waals surface area contributed by atoms with E-state index in [1.807, 2.05) is 13.0 Å². The van der Waals surface area contributed by atoms with Gasteiger partial charge in [-0.25, -0.2) is 0 Å². The number of methoxy groups -OCH3 is 1. The lowest BCUT2D eigenvalue weighted by Crippen LogP contribution is -1.95. The van der Waals surface area contributed by atoms with E-state index in [1.165, 1.54) is 25.3 Å². The van der Waals surface area contributed by atoms with Gasteiger partial charge in [0.1, 0.15) is 11.5 Å². The Hall–Kier alpha value is -2.03. The molecular formula is C13H14O3. The predicted molar refractivity (Wildman–Crippen MR) is 62.9 cm³/mol. The first-order chi connectivity index (χ1) is 7.69. The first-order valence-corrected chi connectivity index (χ1v) is 4.89. The molecule has 1 rings (SSSR count). The summed E-state index contributed by atoms with van der Waals surface area (Å²) in [5, 5.41) is 9.60. The fourth-order valence-corrected chi connectivity index (χ4v) is 1.19. The fourth-order valence-electron chi connectivity index (χ4n) is 1.19. The van der Waals surface area contributed by atoms with Crippen LogP contribution in [0, 0.1) is 0 Å². The third-order valence-corrected chi connectivity index (χ3v) is 2.02. The van der Waals surface area contributed by atoms with Gasteiger partial charge in [-0.2, -0.15) is 0 Å². The van der Waals surface area contributed by atoms with Crippen molar-refractivity contribution in [2.75, 3.05) is 7.11 Å². The number of ether oxygens (including phenoxy) is 1. The van der Waals surface area contributed by atoms with Crippen LogP contribution in [0.3, 0.4) is 0 Å². The van der Waals surface area contributed by atoms with Crippen LogP contribution < -0.4 is 4.74 Å². The zero-order valence-corrected chi connectivity index (χ0v) is 9.31. The Morgan fingerprint density at radius 3 is 2.69 bits per heavy atom. The average Bonchev–Trinajstić information content (AvgIpc) is 2.29. The monoisotopic (exact) mass is 218 g/mol. The molecule has 84 valence electrons. The van der Waals surface area contributed by atoms with Crippen LogP contribution in [0.2, 0.25) is 0 Å². The number of allylic oxidation sites excluding steroid dienone is 4. The number of benzene rings is 1. The molecule has 16 heavy (non-hydrogen) atoms. The highest BCUT2D eigenvalue weighted by atomic mass is 16.5. The normalized spacial score (nSPS) is 11.1. The van der Waals surface area contributed by atoms with E-state index >= 15 is 0 Å². The van der Waals surface area contributed by atoms with E-state index < -0.39 is 0 Å². The minimum absolute atomic E-state index is 0.0746. The summed E-state index contributed by atoms with van der Waals surface area (Å²) in [6, 6.07) is 4.59. The van der Waals surface area contributed by atoms with Gasteiger partial charge in [0.15, 0.2) is 5.78 Å². The average molecular weight is 218 g/mol. The number of rotatable bonds is 4. The Morgan fingerprint density at radius 1 is 1.38 bits per heavy atom. The van der Waals surface area contributed by atoms with Gasteiger partial charge in [0.2, 0.25) is 0 Å². The van der Waals surface area contributed by atoms with Crippen LogP contribution in [0.5, 0.6) is 11.5 Å². The van der Waals surface area contributed by atoms with Crippen LogP contribution in [-0.4, -0.2) is 18.0 Å². The topological polar surface area (TPSA) is 46.5 Å². The molecule has 0 aliphatic rings. The van der Waals surface area contributed by atoms with Crippen molar-refractivity contribution >= 4 is 5.78 Å². The molecule has 0 bridgehead atoms. The van der Waals surface area contributed by atoms with Crippen LogP contribution in [0.4, 0.5) is 0 Å². The van der Waals surface area contributed by atoms with Crippen molar-refractivity contribution in [2.24, 2.45) is 0 Å². The molecule has 0 heterocycles. The van der Waals surface area contributed by atoms with Crippen molar-refractivity contribution in [1.82, 2.24) is 0 Å². The standard InChI is InChI=1S/C13H14O3/c1-3-4-5-6-12(14)11-8-7-10(16-2)9-13(11)15/h3-9,15H,1-2H3/b4-3+,6-5+. The zero-order chi connectivity index (χ0) is 12.0. The van der Waals surface area contributed by atoms with Crippen molar-refractivity contribution < 1.29 is 14.6 Å². The molecule has 1 N–H and O–H groups in total. The summed E-state index contributed by atoms with van der Waals surface area (Å²) in [6.45, 7) is 1.86. The second kappa shape index (κ2) is 5.75. The molecular weight excluding hydrogens is 204 g/mol. The number of phenolic OH excluding ortho intramolecular Hbond substituents is 1. The zero-order valence-electron chi connectivity index (χ0n) is 9.31. The fraction of sp³-hybridized carbons (Fsp3) is 0.154. The Morgan fingerprint density at radius 2 is 2.12 bits per heavy atom. The summed E-state index contributed by atoms with van der Waals surface area (Å²) in [5.74, 6) is 0.208. The van der Waals surface area contributed by atoms with Crippen LogP contribution in [0.1, 0.15) is 17.3 Å². The van der Waals surface area contributed by atoms with Gasteiger partial charge in [0, 0.05) is 6.07 Å². The number of carbonyl (C=O) groups excluding carboxylic acids is 1. The highest BCUT2D eigenvalue weighted by Crippen LogP contribution is 2.23. The van der Waals surface area contributed by atoms with Gasteiger partial charge < -0.3 is 9.84 Å². The van der Waals surface area contributed by atoms with Gasteiger partial charge in [-0.1, -0.05) is 18.2 Å². The maximum absolute atomic E-state index is 11.6. The molecule has 0 fully saturated rings. The quantitative estimate of drug-likeness (QED) is 0.480. The van der Waals surface area contributed by atoms with Crippen molar-refractivity contribution in [3.8, 4) is 11.5 Å². The molecule has 0 aromatic heterocycles.